The molecule has 0 saturated carbocycles. The average Bonchev–Trinajstić information content (AvgIpc) is 2.48. The minimum Gasteiger partial charge on any atom is -0.448 e. The van der Waals surface area contributed by atoms with Crippen LogP contribution in [-0.4, -0.2) is 30.8 Å². The zero-order valence-electron chi connectivity index (χ0n) is 11.7. The molecule has 0 aliphatic carbocycles. The molecule has 0 fully saturated rings. The van der Waals surface area contributed by atoms with E-state index in [0.29, 0.717) is 12.4 Å². The van der Waals surface area contributed by atoms with E-state index in [1.54, 1.807) is 6.20 Å². The molecule has 0 saturated heterocycles. The van der Waals surface area contributed by atoms with E-state index in [4.69, 9.17) is 4.74 Å². The Morgan fingerprint density at radius 2 is 2.10 bits per heavy atom. The fourth-order valence-corrected chi connectivity index (χ4v) is 1.87. The summed E-state index contributed by atoms with van der Waals surface area (Å²) < 4.78 is 5.15. The van der Waals surface area contributed by atoms with E-state index in [1.807, 2.05) is 44.3 Å². The minimum absolute atomic E-state index is 0.172. The van der Waals surface area contributed by atoms with Crippen molar-refractivity contribution < 1.29 is 9.53 Å². The van der Waals surface area contributed by atoms with Gasteiger partial charge in [-0.15, -0.1) is 0 Å². The third kappa shape index (κ3) is 3.68. The Balaban J connectivity index is 1.95. The molecule has 0 spiro atoms. The maximum Gasteiger partial charge on any atom is 0.412 e. The Bertz CT molecular complexity index is 582. The number of ether oxygens (including phenoxy) is 1. The van der Waals surface area contributed by atoms with Gasteiger partial charge in [-0.2, -0.15) is 0 Å². The molecule has 0 unspecified atom stereocenters. The van der Waals surface area contributed by atoms with Gasteiger partial charge in [0, 0.05) is 17.6 Å². The van der Waals surface area contributed by atoms with Gasteiger partial charge in [-0.05, 0) is 24.9 Å². The van der Waals surface area contributed by atoms with Crippen molar-refractivity contribution in [1.82, 2.24) is 10.3 Å². The lowest BCUT2D eigenvalue weighted by atomic mass is 10.2. The van der Waals surface area contributed by atoms with Gasteiger partial charge in [0.15, 0.2) is 0 Å². The third-order valence-electron chi connectivity index (χ3n) is 3.18. The van der Waals surface area contributed by atoms with Crippen LogP contribution in [0.15, 0.2) is 36.5 Å². The number of amides is 1. The maximum atomic E-state index is 11.7. The molecule has 2 rings (SSSR count). The number of hydrogen-bond acceptors (Lipinski definition) is 4. The number of nitrogens with zero attached hydrogens (tertiary/aromatic N) is 1. The van der Waals surface area contributed by atoms with E-state index in [-0.39, 0.29) is 6.04 Å². The molecule has 1 amide bonds. The van der Waals surface area contributed by atoms with Gasteiger partial charge in [0.2, 0.25) is 0 Å². The molecular formula is C15H19N3O2. The molecule has 1 aromatic carbocycles. The second-order valence-electron chi connectivity index (χ2n) is 4.53. The van der Waals surface area contributed by atoms with E-state index in [9.17, 15) is 4.79 Å². The van der Waals surface area contributed by atoms with Crippen LogP contribution in [0, 0.1) is 0 Å². The summed E-state index contributed by atoms with van der Waals surface area (Å²) in [6.45, 7) is 2.37. The number of fused-ring (bicyclic) bond motifs is 1. The zero-order valence-corrected chi connectivity index (χ0v) is 11.7. The highest BCUT2D eigenvalue weighted by Crippen LogP contribution is 2.16. The summed E-state index contributed by atoms with van der Waals surface area (Å²) in [7, 11) is 1.85. The Kier molecular flexibility index (Phi) is 4.90. The van der Waals surface area contributed by atoms with E-state index in [0.717, 1.165) is 17.2 Å². The number of nitrogens with one attached hydrogen (secondary N) is 2. The first-order valence-electron chi connectivity index (χ1n) is 6.68. The van der Waals surface area contributed by atoms with Crippen LogP contribution in [0.4, 0.5) is 10.6 Å². The number of rotatable bonds is 5. The van der Waals surface area contributed by atoms with E-state index >= 15 is 0 Å². The molecule has 1 aromatic heterocycles. The summed E-state index contributed by atoms with van der Waals surface area (Å²) in [5, 5.41) is 7.77. The molecule has 0 bridgehead atoms. The molecule has 2 aromatic rings. The topological polar surface area (TPSA) is 63.2 Å². The lowest BCUT2D eigenvalue weighted by molar-refractivity contribution is 0.148. The Morgan fingerprint density at radius 1 is 1.35 bits per heavy atom. The van der Waals surface area contributed by atoms with Gasteiger partial charge < -0.3 is 10.1 Å². The minimum atomic E-state index is -0.485. The quantitative estimate of drug-likeness (QED) is 0.879. The van der Waals surface area contributed by atoms with Gasteiger partial charge in [0.1, 0.15) is 12.4 Å². The third-order valence-corrected chi connectivity index (χ3v) is 3.18. The van der Waals surface area contributed by atoms with Gasteiger partial charge >= 0.3 is 6.09 Å². The number of benzene rings is 1. The largest absolute Gasteiger partial charge is 0.448 e. The van der Waals surface area contributed by atoms with Crippen molar-refractivity contribution in [1.29, 1.82) is 0 Å². The number of anilines is 1. The molecule has 0 aliphatic heterocycles. The summed E-state index contributed by atoms with van der Waals surface area (Å²) in [5.74, 6) is 0.492. The van der Waals surface area contributed by atoms with Crippen molar-refractivity contribution in [3.63, 3.8) is 0 Å². The van der Waals surface area contributed by atoms with E-state index in [1.165, 1.54) is 0 Å². The van der Waals surface area contributed by atoms with Crippen LogP contribution in [0.2, 0.25) is 0 Å². The number of carbonyl (C=O) groups excluding carboxylic acids is 1. The number of carbonyl (C=O) groups is 1. The molecule has 0 radical (unpaired) electrons. The number of hydrogen-bond donors (Lipinski definition) is 2. The van der Waals surface area contributed by atoms with Crippen molar-refractivity contribution in [3.05, 3.63) is 36.5 Å². The van der Waals surface area contributed by atoms with Crippen LogP contribution in [0.3, 0.4) is 0 Å². The summed E-state index contributed by atoms with van der Waals surface area (Å²) in [6.07, 6.45) is 2.15. The van der Waals surface area contributed by atoms with Crippen LogP contribution in [0.25, 0.3) is 10.8 Å². The molecule has 106 valence electrons. The first kappa shape index (κ1) is 14.3. The van der Waals surface area contributed by atoms with Gasteiger partial charge in [0.05, 0.1) is 0 Å². The molecule has 1 heterocycles. The predicted octanol–water partition coefficient (Wildman–Crippen LogP) is 2.78. The van der Waals surface area contributed by atoms with E-state index < -0.39 is 6.09 Å². The predicted molar refractivity (Wildman–Crippen MR) is 79.9 cm³/mol. The second kappa shape index (κ2) is 6.86. The van der Waals surface area contributed by atoms with Crippen LogP contribution in [-0.2, 0) is 4.74 Å². The molecule has 5 heteroatoms. The van der Waals surface area contributed by atoms with Gasteiger partial charge in [-0.1, -0.05) is 31.2 Å². The average molecular weight is 273 g/mol. The van der Waals surface area contributed by atoms with Crippen molar-refractivity contribution in [2.45, 2.75) is 19.4 Å². The molecule has 5 nitrogen and oxygen atoms in total. The summed E-state index contributed by atoms with van der Waals surface area (Å²) in [5.41, 5.74) is 0. The van der Waals surface area contributed by atoms with Crippen LogP contribution in [0.5, 0.6) is 0 Å². The standard InChI is InChI=1S/C15H19N3O2/c1-3-13(16-2)10-20-15(19)18-14-8-11-6-4-5-7-12(11)9-17-14/h4-9,13,16H,3,10H2,1-2H3,(H,17,18,19)/t13-/m0/s1. The van der Waals surface area contributed by atoms with Crippen LogP contribution < -0.4 is 10.6 Å². The summed E-state index contributed by atoms with van der Waals surface area (Å²) in [6, 6.07) is 9.85. The van der Waals surface area contributed by atoms with Crippen LogP contribution >= 0.6 is 0 Å². The lowest BCUT2D eigenvalue weighted by Gasteiger charge is -2.14. The van der Waals surface area contributed by atoms with Gasteiger partial charge in [-0.3, -0.25) is 5.32 Å². The highest BCUT2D eigenvalue weighted by molar-refractivity contribution is 5.89. The molecular weight excluding hydrogens is 254 g/mol. The highest BCUT2D eigenvalue weighted by atomic mass is 16.5. The van der Waals surface area contributed by atoms with Crippen LogP contribution in [0.1, 0.15) is 13.3 Å². The fraction of sp³-hybridized carbons (Fsp3) is 0.333. The number of aromatic nitrogens is 1. The van der Waals surface area contributed by atoms with Gasteiger partial charge in [-0.25, -0.2) is 9.78 Å². The second-order valence-corrected chi connectivity index (χ2v) is 4.53. The molecule has 20 heavy (non-hydrogen) atoms. The Labute approximate surface area is 118 Å². The molecule has 2 N–H and O–H groups in total. The first-order valence-corrected chi connectivity index (χ1v) is 6.68. The number of likely N-dealkylation sites (N-methyl/N-ethyl adjacent to an activating group) is 1. The smallest absolute Gasteiger partial charge is 0.412 e. The SMILES string of the molecule is CC[C@@H](COC(=O)Nc1cc2ccccc2cn1)NC. The normalized spacial score (nSPS) is 12.1. The van der Waals surface area contributed by atoms with E-state index in [2.05, 4.69) is 15.6 Å². The molecule has 1 atom stereocenters. The zero-order chi connectivity index (χ0) is 14.4. The number of pyridine rings is 1. The maximum absolute atomic E-state index is 11.7. The lowest BCUT2D eigenvalue weighted by Crippen LogP contribution is -2.31. The van der Waals surface area contributed by atoms with Crippen molar-refractivity contribution >= 4 is 22.7 Å². The van der Waals surface area contributed by atoms with Crippen molar-refractivity contribution in [2.24, 2.45) is 0 Å². The monoisotopic (exact) mass is 273 g/mol. The highest BCUT2D eigenvalue weighted by Gasteiger charge is 2.09. The molecule has 0 aliphatic rings. The fourth-order valence-electron chi connectivity index (χ4n) is 1.87. The van der Waals surface area contributed by atoms with Crippen molar-refractivity contribution in [3.8, 4) is 0 Å². The Morgan fingerprint density at radius 3 is 2.80 bits per heavy atom. The van der Waals surface area contributed by atoms with Crippen molar-refractivity contribution in [2.75, 3.05) is 19.0 Å². The summed E-state index contributed by atoms with van der Waals surface area (Å²) >= 11 is 0. The summed E-state index contributed by atoms with van der Waals surface area (Å²) in [4.78, 5) is 15.9. The first-order chi connectivity index (χ1) is 9.72. The Hall–Kier alpha value is -2.14. The van der Waals surface area contributed by atoms with Gasteiger partial charge in [0.25, 0.3) is 0 Å².